The first kappa shape index (κ1) is 10.1. The minimum absolute atomic E-state index is 0.230. The van der Waals surface area contributed by atoms with Crippen LogP contribution in [0.4, 0.5) is 8.78 Å². The maximum atomic E-state index is 13.5. The number of ether oxygens (including phenoxy) is 1. The van der Waals surface area contributed by atoms with Gasteiger partial charge < -0.3 is 4.74 Å². The summed E-state index contributed by atoms with van der Waals surface area (Å²) in [6, 6.07) is 5.81. The number of methoxy groups -OCH3 is 1. The smallest absolute Gasteiger partial charge is 0.181 e. The van der Waals surface area contributed by atoms with Crippen LogP contribution in [0.1, 0.15) is 0 Å². The standard InChI is InChI=1S/C11H8F2OS/c1-14-11-8(5-6-15-11)7-3-2-4-9(12)10(7)13/h2-6H,1H3. The van der Waals surface area contributed by atoms with Crippen LogP contribution in [0.5, 0.6) is 5.06 Å². The molecule has 0 amide bonds. The molecule has 1 nitrogen and oxygen atoms in total. The van der Waals surface area contributed by atoms with Gasteiger partial charge in [0.15, 0.2) is 16.7 Å². The summed E-state index contributed by atoms with van der Waals surface area (Å²) in [4.78, 5) is 0. The monoisotopic (exact) mass is 226 g/mol. The lowest BCUT2D eigenvalue weighted by molar-refractivity contribution is 0.428. The number of thiophene rings is 1. The van der Waals surface area contributed by atoms with Crippen molar-refractivity contribution in [2.75, 3.05) is 7.11 Å². The number of benzene rings is 1. The second-order valence-electron chi connectivity index (χ2n) is 2.93. The van der Waals surface area contributed by atoms with Gasteiger partial charge in [0.25, 0.3) is 0 Å². The molecule has 1 aromatic heterocycles. The van der Waals surface area contributed by atoms with Gasteiger partial charge in [-0.1, -0.05) is 12.1 Å². The third-order valence-corrected chi connectivity index (χ3v) is 2.93. The highest BCUT2D eigenvalue weighted by atomic mass is 32.1. The fourth-order valence-corrected chi connectivity index (χ4v) is 2.09. The third-order valence-electron chi connectivity index (χ3n) is 2.06. The average molecular weight is 226 g/mol. The molecule has 1 aromatic carbocycles. The van der Waals surface area contributed by atoms with Crippen LogP contribution in [0.15, 0.2) is 29.6 Å². The van der Waals surface area contributed by atoms with Crippen LogP contribution in [0.2, 0.25) is 0 Å². The van der Waals surface area contributed by atoms with Gasteiger partial charge in [0, 0.05) is 11.1 Å². The van der Waals surface area contributed by atoms with Crippen LogP contribution in [-0.4, -0.2) is 7.11 Å². The quantitative estimate of drug-likeness (QED) is 0.758. The molecule has 0 saturated heterocycles. The summed E-state index contributed by atoms with van der Waals surface area (Å²) in [7, 11) is 1.51. The van der Waals surface area contributed by atoms with E-state index in [2.05, 4.69) is 0 Å². The van der Waals surface area contributed by atoms with E-state index < -0.39 is 11.6 Å². The molecule has 0 fully saturated rings. The van der Waals surface area contributed by atoms with Crippen molar-refractivity contribution in [2.24, 2.45) is 0 Å². The first-order chi connectivity index (χ1) is 7.24. The Morgan fingerprint density at radius 2 is 1.93 bits per heavy atom. The molecule has 0 aliphatic heterocycles. The normalized spacial score (nSPS) is 10.3. The molecular weight excluding hydrogens is 218 g/mol. The highest BCUT2D eigenvalue weighted by Crippen LogP contribution is 2.36. The average Bonchev–Trinajstić information content (AvgIpc) is 2.70. The van der Waals surface area contributed by atoms with E-state index in [4.69, 9.17) is 4.74 Å². The maximum Gasteiger partial charge on any atom is 0.181 e. The van der Waals surface area contributed by atoms with E-state index in [1.165, 1.54) is 30.6 Å². The van der Waals surface area contributed by atoms with Crippen LogP contribution in [0, 0.1) is 11.6 Å². The summed E-state index contributed by atoms with van der Waals surface area (Å²) in [6.07, 6.45) is 0. The SMILES string of the molecule is COc1sccc1-c1cccc(F)c1F. The van der Waals surface area contributed by atoms with Crippen molar-refractivity contribution in [1.82, 2.24) is 0 Å². The van der Waals surface area contributed by atoms with Crippen molar-refractivity contribution in [3.63, 3.8) is 0 Å². The largest absolute Gasteiger partial charge is 0.487 e. The van der Waals surface area contributed by atoms with Gasteiger partial charge in [-0.2, -0.15) is 0 Å². The first-order valence-electron chi connectivity index (χ1n) is 4.30. The summed E-state index contributed by atoms with van der Waals surface area (Å²) in [5.41, 5.74) is 0.813. The van der Waals surface area contributed by atoms with E-state index in [-0.39, 0.29) is 5.56 Å². The van der Waals surface area contributed by atoms with Crippen LogP contribution in [0.25, 0.3) is 11.1 Å². The number of hydrogen-bond acceptors (Lipinski definition) is 2. The van der Waals surface area contributed by atoms with Gasteiger partial charge in [0.2, 0.25) is 0 Å². The molecule has 15 heavy (non-hydrogen) atoms. The van der Waals surface area contributed by atoms with E-state index in [0.717, 1.165) is 6.07 Å². The zero-order valence-electron chi connectivity index (χ0n) is 7.96. The molecule has 0 aliphatic rings. The highest BCUT2D eigenvalue weighted by Gasteiger charge is 2.14. The van der Waals surface area contributed by atoms with Crippen LogP contribution in [-0.2, 0) is 0 Å². The second kappa shape index (κ2) is 3.98. The van der Waals surface area contributed by atoms with Crippen LogP contribution in [0.3, 0.4) is 0 Å². The predicted octanol–water partition coefficient (Wildman–Crippen LogP) is 3.70. The first-order valence-corrected chi connectivity index (χ1v) is 5.18. The molecule has 0 atom stereocenters. The van der Waals surface area contributed by atoms with Crippen molar-refractivity contribution >= 4 is 11.3 Å². The van der Waals surface area contributed by atoms with E-state index in [1.807, 2.05) is 0 Å². The highest BCUT2D eigenvalue weighted by molar-refractivity contribution is 7.12. The maximum absolute atomic E-state index is 13.5. The van der Waals surface area contributed by atoms with Gasteiger partial charge >= 0.3 is 0 Å². The van der Waals surface area contributed by atoms with Crippen molar-refractivity contribution < 1.29 is 13.5 Å². The Bertz CT molecular complexity index is 479. The van der Waals surface area contributed by atoms with Crippen molar-refractivity contribution in [1.29, 1.82) is 0 Å². The van der Waals surface area contributed by atoms with E-state index in [0.29, 0.717) is 10.6 Å². The van der Waals surface area contributed by atoms with Gasteiger partial charge in [0.05, 0.1) is 7.11 Å². The van der Waals surface area contributed by atoms with Gasteiger partial charge in [-0.25, -0.2) is 8.78 Å². The summed E-state index contributed by atoms with van der Waals surface area (Å²) >= 11 is 1.35. The molecule has 0 spiro atoms. The summed E-state index contributed by atoms with van der Waals surface area (Å²) in [5, 5.41) is 2.36. The molecule has 0 radical (unpaired) electrons. The number of halogens is 2. The molecule has 2 aromatic rings. The van der Waals surface area contributed by atoms with Gasteiger partial charge in [-0.15, -0.1) is 11.3 Å². The molecule has 2 rings (SSSR count). The summed E-state index contributed by atoms with van der Waals surface area (Å²) in [5.74, 6) is -1.69. The van der Waals surface area contributed by atoms with Crippen molar-refractivity contribution in [2.45, 2.75) is 0 Å². The molecule has 0 saturated carbocycles. The number of rotatable bonds is 2. The Kier molecular flexibility index (Phi) is 2.68. The predicted molar refractivity (Wildman–Crippen MR) is 56.2 cm³/mol. The van der Waals surface area contributed by atoms with Crippen LogP contribution < -0.4 is 4.74 Å². The summed E-state index contributed by atoms with van der Waals surface area (Å²) in [6.45, 7) is 0. The zero-order chi connectivity index (χ0) is 10.8. The van der Waals surface area contributed by atoms with E-state index in [9.17, 15) is 8.78 Å². The second-order valence-corrected chi connectivity index (χ2v) is 3.81. The third kappa shape index (κ3) is 1.72. The Balaban J connectivity index is 2.59. The lowest BCUT2D eigenvalue weighted by Gasteiger charge is -2.04. The molecule has 0 N–H and O–H groups in total. The van der Waals surface area contributed by atoms with Crippen LogP contribution >= 0.6 is 11.3 Å². The van der Waals surface area contributed by atoms with Crippen molar-refractivity contribution in [3.8, 4) is 16.2 Å². The van der Waals surface area contributed by atoms with Gasteiger partial charge in [-0.05, 0) is 17.5 Å². The van der Waals surface area contributed by atoms with Gasteiger partial charge in [0.1, 0.15) is 0 Å². The molecule has 0 bridgehead atoms. The topological polar surface area (TPSA) is 9.23 Å². The Morgan fingerprint density at radius 1 is 1.13 bits per heavy atom. The minimum Gasteiger partial charge on any atom is -0.487 e. The van der Waals surface area contributed by atoms with E-state index >= 15 is 0 Å². The Labute approximate surface area is 89.9 Å². The Morgan fingerprint density at radius 3 is 2.67 bits per heavy atom. The fourth-order valence-electron chi connectivity index (χ4n) is 1.37. The lowest BCUT2D eigenvalue weighted by Crippen LogP contribution is -1.89. The fraction of sp³-hybridized carbons (Fsp3) is 0.0909. The summed E-state index contributed by atoms with van der Waals surface area (Å²) < 4.78 is 31.5. The molecular formula is C11H8F2OS. The molecule has 4 heteroatoms. The Hall–Kier alpha value is -1.42. The van der Waals surface area contributed by atoms with Crippen molar-refractivity contribution in [3.05, 3.63) is 41.3 Å². The lowest BCUT2D eigenvalue weighted by atomic mass is 10.1. The molecule has 0 aliphatic carbocycles. The molecule has 1 heterocycles. The number of hydrogen-bond donors (Lipinski definition) is 0. The zero-order valence-corrected chi connectivity index (χ0v) is 8.78. The van der Waals surface area contributed by atoms with Gasteiger partial charge in [-0.3, -0.25) is 0 Å². The minimum atomic E-state index is -0.847. The molecule has 78 valence electrons. The van der Waals surface area contributed by atoms with E-state index in [1.54, 1.807) is 11.4 Å². The molecule has 0 unspecified atom stereocenters.